The number of nitrogens with one attached hydrogen (secondary N) is 2. The Morgan fingerprint density at radius 1 is 1.06 bits per heavy atom. The van der Waals surface area contributed by atoms with Gasteiger partial charge in [-0.2, -0.15) is 4.72 Å². The van der Waals surface area contributed by atoms with Crippen LogP contribution in [0.5, 0.6) is 0 Å². The number of aliphatic hydroxyl groups excluding tert-OH is 1. The normalized spacial score (nSPS) is 20.3. The van der Waals surface area contributed by atoms with E-state index in [1.807, 2.05) is 66.2 Å². The van der Waals surface area contributed by atoms with E-state index in [2.05, 4.69) is 15.0 Å². The van der Waals surface area contributed by atoms with Crippen molar-refractivity contribution in [2.24, 2.45) is 0 Å². The molecule has 4 aromatic rings. The van der Waals surface area contributed by atoms with Crippen LogP contribution in [0, 0.1) is 13.8 Å². The van der Waals surface area contributed by atoms with Gasteiger partial charge in [-0.25, -0.2) is 13.4 Å². The van der Waals surface area contributed by atoms with Crippen LogP contribution in [0.25, 0.3) is 5.69 Å². The third kappa shape index (κ3) is 4.58. The smallest absolute Gasteiger partial charge is 0.244 e. The van der Waals surface area contributed by atoms with Gasteiger partial charge >= 0.3 is 0 Å². The lowest BCUT2D eigenvalue weighted by atomic mass is 10.1. The van der Waals surface area contributed by atoms with Gasteiger partial charge in [-0.3, -0.25) is 5.32 Å². The highest BCUT2D eigenvalue weighted by molar-refractivity contribution is 7.89. The van der Waals surface area contributed by atoms with E-state index in [9.17, 15) is 13.5 Å². The lowest BCUT2D eigenvalue weighted by Gasteiger charge is -2.25. The number of aliphatic hydroxyl groups is 1. The van der Waals surface area contributed by atoms with Crippen LogP contribution in [-0.4, -0.2) is 29.4 Å². The number of hydrogen-bond donors (Lipinski definition) is 3. The molecule has 1 heterocycles. The number of nitrogens with zero attached hydrogens (tertiary/aromatic N) is 2. The lowest BCUT2D eigenvalue weighted by molar-refractivity contribution is 0.102. The van der Waals surface area contributed by atoms with Gasteiger partial charge in [0.25, 0.3) is 0 Å². The first kappa shape index (κ1) is 24.7. The van der Waals surface area contributed by atoms with E-state index in [0.717, 1.165) is 16.8 Å². The summed E-state index contributed by atoms with van der Waals surface area (Å²) in [7, 11) is -3.97. The Morgan fingerprint density at radius 3 is 2.50 bits per heavy atom. The standard InChI is InChI=1S/C27H27ClN4O3S/c1-18-12-13-21(16-23(18)28)32-15-14-29-25(32)27(17-22(27)20-9-4-3-5-10-20)30-26(33)31-36(34,35)24-11-7-6-8-19(24)2/h3-16,22,26,30-31,33H,17H2,1-2H3/t22-,26?,27?/m1/s1. The molecule has 7 nitrogen and oxygen atoms in total. The van der Waals surface area contributed by atoms with Gasteiger partial charge in [0, 0.05) is 29.0 Å². The number of aryl methyl sites for hydroxylation is 2. The van der Waals surface area contributed by atoms with Crippen molar-refractivity contribution in [2.45, 2.75) is 43.0 Å². The molecule has 3 aromatic carbocycles. The van der Waals surface area contributed by atoms with Gasteiger partial charge in [-0.05, 0) is 55.2 Å². The second-order valence-electron chi connectivity index (χ2n) is 9.13. The molecule has 0 spiro atoms. The van der Waals surface area contributed by atoms with Crippen molar-refractivity contribution in [2.75, 3.05) is 0 Å². The molecule has 0 saturated heterocycles. The first-order valence-electron chi connectivity index (χ1n) is 11.6. The van der Waals surface area contributed by atoms with Gasteiger partial charge in [0.1, 0.15) is 5.82 Å². The number of halogens is 1. The maximum Gasteiger partial charge on any atom is 0.244 e. The summed E-state index contributed by atoms with van der Waals surface area (Å²) in [5.74, 6) is 0.629. The fourth-order valence-electron chi connectivity index (χ4n) is 4.74. The number of benzene rings is 3. The molecule has 3 atom stereocenters. The highest BCUT2D eigenvalue weighted by Crippen LogP contribution is 2.58. The van der Waals surface area contributed by atoms with Crippen molar-refractivity contribution >= 4 is 21.6 Å². The second kappa shape index (κ2) is 9.46. The molecule has 1 fully saturated rings. The van der Waals surface area contributed by atoms with Gasteiger partial charge < -0.3 is 9.67 Å². The molecule has 186 valence electrons. The minimum Gasteiger partial charge on any atom is -0.365 e. The van der Waals surface area contributed by atoms with Gasteiger partial charge in [-0.1, -0.05) is 66.2 Å². The Morgan fingerprint density at radius 2 is 1.78 bits per heavy atom. The third-order valence-corrected chi connectivity index (χ3v) is 8.66. The molecule has 0 aliphatic heterocycles. The Kier molecular flexibility index (Phi) is 6.48. The molecule has 1 saturated carbocycles. The molecule has 1 aromatic heterocycles. The number of sulfonamides is 1. The molecule has 9 heteroatoms. The summed E-state index contributed by atoms with van der Waals surface area (Å²) < 4.78 is 30.3. The average molecular weight is 523 g/mol. The fraction of sp³-hybridized carbons (Fsp3) is 0.222. The first-order valence-corrected chi connectivity index (χ1v) is 13.5. The monoisotopic (exact) mass is 522 g/mol. The minimum absolute atomic E-state index is 0.0293. The topological polar surface area (TPSA) is 96.2 Å². The van der Waals surface area contributed by atoms with E-state index in [1.54, 1.807) is 31.3 Å². The Bertz CT molecular complexity index is 1510. The minimum atomic E-state index is -3.97. The zero-order valence-corrected chi connectivity index (χ0v) is 21.5. The predicted molar refractivity (Wildman–Crippen MR) is 139 cm³/mol. The number of hydrogen-bond acceptors (Lipinski definition) is 5. The van der Waals surface area contributed by atoms with Crippen LogP contribution in [0.3, 0.4) is 0 Å². The number of imidazole rings is 1. The van der Waals surface area contributed by atoms with Gasteiger partial charge in [-0.15, -0.1) is 0 Å². The Balaban J connectivity index is 1.50. The van der Waals surface area contributed by atoms with E-state index in [4.69, 9.17) is 11.6 Å². The molecule has 1 aliphatic rings. The summed E-state index contributed by atoms with van der Waals surface area (Å²) in [6, 6.07) is 22.3. The second-order valence-corrected chi connectivity index (χ2v) is 11.2. The van der Waals surface area contributed by atoms with Gasteiger partial charge in [0.05, 0.1) is 10.4 Å². The Labute approximate surface area is 215 Å². The van der Waals surface area contributed by atoms with Crippen molar-refractivity contribution in [3.05, 3.63) is 113 Å². The van der Waals surface area contributed by atoms with Crippen molar-refractivity contribution in [1.82, 2.24) is 19.6 Å². The quantitative estimate of drug-likeness (QED) is 0.299. The summed E-state index contributed by atoms with van der Waals surface area (Å²) in [6.07, 6.45) is 2.60. The summed E-state index contributed by atoms with van der Waals surface area (Å²) in [5.41, 5.74) is 2.64. The molecule has 0 amide bonds. The van der Waals surface area contributed by atoms with Gasteiger partial charge in [0.2, 0.25) is 10.0 Å². The molecule has 3 N–H and O–H groups in total. The molecule has 1 aliphatic carbocycles. The summed E-state index contributed by atoms with van der Waals surface area (Å²) in [5, 5.41) is 14.7. The van der Waals surface area contributed by atoms with Crippen LogP contribution in [0.4, 0.5) is 0 Å². The van der Waals surface area contributed by atoms with E-state index >= 15 is 0 Å². The van der Waals surface area contributed by atoms with Crippen LogP contribution < -0.4 is 10.0 Å². The molecule has 0 radical (unpaired) electrons. The molecule has 5 rings (SSSR count). The Hall–Kier alpha value is -3.01. The largest absolute Gasteiger partial charge is 0.365 e. The van der Waals surface area contributed by atoms with E-state index < -0.39 is 21.9 Å². The summed E-state index contributed by atoms with van der Waals surface area (Å²) in [6.45, 7) is 3.65. The molecular weight excluding hydrogens is 496 g/mol. The third-order valence-electron chi connectivity index (χ3n) is 6.68. The number of rotatable bonds is 8. The van der Waals surface area contributed by atoms with Crippen LogP contribution >= 0.6 is 11.6 Å². The zero-order valence-electron chi connectivity index (χ0n) is 19.9. The molecule has 2 unspecified atom stereocenters. The average Bonchev–Trinajstić information content (AvgIpc) is 3.33. The lowest BCUT2D eigenvalue weighted by Crippen LogP contribution is -2.50. The van der Waals surface area contributed by atoms with Gasteiger partial charge in [0.15, 0.2) is 6.35 Å². The first-order chi connectivity index (χ1) is 17.2. The predicted octanol–water partition coefficient (Wildman–Crippen LogP) is 4.37. The van der Waals surface area contributed by atoms with Crippen molar-refractivity contribution in [3.8, 4) is 5.69 Å². The van der Waals surface area contributed by atoms with Crippen LogP contribution in [0.1, 0.15) is 34.9 Å². The molecule has 36 heavy (non-hydrogen) atoms. The maximum atomic E-state index is 13.0. The maximum absolute atomic E-state index is 13.0. The van der Waals surface area contributed by atoms with Crippen LogP contribution in [0.2, 0.25) is 5.02 Å². The van der Waals surface area contributed by atoms with E-state index in [-0.39, 0.29) is 10.8 Å². The molecule has 0 bridgehead atoms. The fourth-order valence-corrected chi connectivity index (χ4v) is 6.14. The zero-order chi connectivity index (χ0) is 25.5. The highest BCUT2D eigenvalue weighted by atomic mass is 35.5. The van der Waals surface area contributed by atoms with Crippen molar-refractivity contribution in [1.29, 1.82) is 0 Å². The van der Waals surface area contributed by atoms with Crippen molar-refractivity contribution in [3.63, 3.8) is 0 Å². The SMILES string of the molecule is Cc1ccc(-n2ccnc2C2(NC(O)NS(=O)(=O)c3ccccc3C)C[C@@H]2c2ccccc2)cc1Cl. The number of aromatic nitrogens is 2. The van der Waals surface area contributed by atoms with Crippen molar-refractivity contribution < 1.29 is 13.5 Å². The molecular formula is C27H27ClN4O3S. The highest BCUT2D eigenvalue weighted by Gasteiger charge is 2.60. The summed E-state index contributed by atoms with van der Waals surface area (Å²) in [4.78, 5) is 4.76. The summed E-state index contributed by atoms with van der Waals surface area (Å²) >= 11 is 6.40. The van der Waals surface area contributed by atoms with E-state index in [1.165, 1.54) is 6.07 Å². The van der Waals surface area contributed by atoms with E-state index in [0.29, 0.717) is 22.8 Å². The van der Waals surface area contributed by atoms with Crippen LogP contribution in [0.15, 0.2) is 90.1 Å². The van der Waals surface area contributed by atoms with Crippen LogP contribution in [-0.2, 0) is 15.6 Å².